The van der Waals surface area contributed by atoms with Crippen LogP contribution >= 0.6 is 11.5 Å². The molecule has 0 saturated heterocycles. The summed E-state index contributed by atoms with van der Waals surface area (Å²) in [5, 5.41) is 13.0. The van der Waals surface area contributed by atoms with Gasteiger partial charge in [-0.05, 0) is 25.7 Å². The molecule has 0 aromatic carbocycles. The van der Waals surface area contributed by atoms with Crippen LogP contribution in [0.1, 0.15) is 46.4 Å². The molecule has 2 N–H and O–H groups in total. The smallest absolute Gasteiger partial charge is 0.329 e. The minimum Gasteiger partial charge on any atom is -0.480 e. The summed E-state index contributed by atoms with van der Waals surface area (Å²) in [6.07, 6.45) is 1.92. The van der Waals surface area contributed by atoms with Crippen molar-refractivity contribution in [3.63, 3.8) is 0 Å². The summed E-state index contributed by atoms with van der Waals surface area (Å²) in [5.41, 5.74) is -1.04. The molecule has 0 amide bonds. The highest BCUT2D eigenvalue weighted by Gasteiger charge is 2.48. The Labute approximate surface area is 111 Å². The molecule has 0 radical (unpaired) electrons. The molecule has 0 aliphatic heterocycles. The predicted octanol–water partition coefficient (Wildman–Crippen LogP) is 2.50. The van der Waals surface area contributed by atoms with E-state index in [-0.39, 0.29) is 11.3 Å². The first-order valence-electron chi connectivity index (χ1n) is 6.09. The van der Waals surface area contributed by atoms with Gasteiger partial charge in [0.25, 0.3) is 0 Å². The molecular weight excluding hydrogens is 250 g/mol. The Bertz CT molecular complexity index is 462. The van der Waals surface area contributed by atoms with Gasteiger partial charge in [0.05, 0.1) is 0 Å². The zero-order chi connectivity index (χ0) is 13.6. The van der Waals surface area contributed by atoms with Gasteiger partial charge < -0.3 is 10.4 Å². The van der Waals surface area contributed by atoms with E-state index in [4.69, 9.17) is 0 Å². The van der Waals surface area contributed by atoms with Crippen molar-refractivity contribution in [1.29, 1.82) is 0 Å². The van der Waals surface area contributed by atoms with E-state index in [9.17, 15) is 9.90 Å². The standard InChI is InChI=1S/C12H19N3O2S/c1-11(2,3)8-13-10(18-15-8)14-12(4,9(16)17)7-5-6-7/h7H,5-6H2,1-4H3,(H,16,17)(H,13,14,15). The largest absolute Gasteiger partial charge is 0.480 e. The lowest BCUT2D eigenvalue weighted by molar-refractivity contribution is -0.142. The molecule has 100 valence electrons. The van der Waals surface area contributed by atoms with Crippen molar-refractivity contribution in [1.82, 2.24) is 9.36 Å². The van der Waals surface area contributed by atoms with E-state index in [2.05, 4.69) is 14.7 Å². The van der Waals surface area contributed by atoms with Crippen LogP contribution in [-0.4, -0.2) is 26.0 Å². The molecule has 1 saturated carbocycles. The molecule has 1 unspecified atom stereocenters. The van der Waals surface area contributed by atoms with Crippen LogP contribution in [0.25, 0.3) is 0 Å². The van der Waals surface area contributed by atoms with E-state index in [1.165, 1.54) is 11.5 Å². The molecule has 1 aliphatic carbocycles. The number of aromatic nitrogens is 2. The Kier molecular flexibility index (Phi) is 3.09. The molecule has 0 bridgehead atoms. The predicted molar refractivity (Wildman–Crippen MR) is 71.0 cm³/mol. The second kappa shape index (κ2) is 4.19. The number of rotatable bonds is 4. The van der Waals surface area contributed by atoms with E-state index in [1.807, 2.05) is 20.8 Å². The molecule has 18 heavy (non-hydrogen) atoms. The second-order valence-corrected chi connectivity index (χ2v) is 6.83. The quantitative estimate of drug-likeness (QED) is 0.878. The van der Waals surface area contributed by atoms with Gasteiger partial charge in [-0.25, -0.2) is 9.78 Å². The van der Waals surface area contributed by atoms with E-state index in [1.54, 1.807) is 6.92 Å². The maximum absolute atomic E-state index is 11.4. The summed E-state index contributed by atoms with van der Waals surface area (Å²) in [5.74, 6) is 0.119. The lowest BCUT2D eigenvalue weighted by atomic mass is 9.96. The van der Waals surface area contributed by atoms with Crippen LogP contribution in [0.3, 0.4) is 0 Å². The topological polar surface area (TPSA) is 75.1 Å². The fourth-order valence-electron chi connectivity index (χ4n) is 1.79. The number of hydrogen-bond donors (Lipinski definition) is 2. The lowest BCUT2D eigenvalue weighted by Gasteiger charge is -2.25. The van der Waals surface area contributed by atoms with E-state index < -0.39 is 11.5 Å². The van der Waals surface area contributed by atoms with Crippen molar-refractivity contribution in [2.75, 3.05) is 5.32 Å². The van der Waals surface area contributed by atoms with Gasteiger partial charge in [-0.3, -0.25) is 0 Å². The second-order valence-electron chi connectivity index (χ2n) is 6.08. The third-order valence-corrected chi connectivity index (χ3v) is 3.93. The molecule has 6 heteroatoms. The van der Waals surface area contributed by atoms with Gasteiger partial charge in [0, 0.05) is 16.9 Å². The summed E-state index contributed by atoms with van der Waals surface area (Å²) in [6.45, 7) is 7.84. The molecule has 1 aromatic rings. The van der Waals surface area contributed by atoms with Crippen LogP contribution < -0.4 is 5.32 Å². The Balaban J connectivity index is 2.18. The van der Waals surface area contributed by atoms with Crippen LogP contribution in [0.4, 0.5) is 5.13 Å². The summed E-state index contributed by atoms with van der Waals surface area (Å²) in [6, 6.07) is 0. The molecule has 0 spiro atoms. The van der Waals surface area contributed by atoms with Crippen LogP contribution in [-0.2, 0) is 10.2 Å². The number of carbonyl (C=O) groups is 1. The first kappa shape index (κ1) is 13.3. The maximum Gasteiger partial charge on any atom is 0.329 e. The van der Waals surface area contributed by atoms with Crippen molar-refractivity contribution in [3.05, 3.63) is 5.82 Å². The SMILES string of the molecule is CC(C)(C)c1nsc(NC(C)(C(=O)O)C2CC2)n1. The lowest BCUT2D eigenvalue weighted by Crippen LogP contribution is -2.45. The highest BCUT2D eigenvalue weighted by molar-refractivity contribution is 7.09. The molecule has 1 atom stereocenters. The number of nitrogens with one attached hydrogen (secondary N) is 1. The molecule has 2 rings (SSSR count). The summed E-state index contributed by atoms with van der Waals surface area (Å²) in [4.78, 5) is 15.8. The number of hydrogen-bond acceptors (Lipinski definition) is 5. The van der Waals surface area contributed by atoms with Crippen LogP contribution in [0.5, 0.6) is 0 Å². The van der Waals surface area contributed by atoms with Crippen LogP contribution in [0, 0.1) is 5.92 Å². The third-order valence-electron chi connectivity index (χ3n) is 3.30. The van der Waals surface area contributed by atoms with Gasteiger partial charge in [-0.15, -0.1) is 0 Å². The summed E-state index contributed by atoms with van der Waals surface area (Å²) < 4.78 is 4.29. The van der Waals surface area contributed by atoms with Crippen LogP contribution in [0.2, 0.25) is 0 Å². The average Bonchev–Trinajstić information content (AvgIpc) is 2.98. The van der Waals surface area contributed by atoms with Crippen molar-refractivity contribution in [3.8, 4) is 0 Å². The zero-order valence-corrected chi connectivity index (χ0v) is 12.0. The van der Waals surface area contributed by atoms with Crippen LogP contribution in [0.15, 0.2) is 0 Å². The molecule has 1 aromatic heterocycles. The Hall–Kier alpha value is -1.17. The van der Waals surface area contributed by atoms with Crippen molar-refractivity contribution >= 4 is 22.6 Å². The number of nitrogens with zero attached hydrogens (tertiary/aromatic N) is 2. The van der Waals surface area contributed by atoms with Crippen molar-refractivity contribution in [2.45, 2.75) is 51.5 Å². The number of carboxylic acids is 1. The number of carboxylic acid groups (broad SMARTS) is 1. The Morgan fingerprint density at radius 1 is 1.39 bits per heavy atom. The van der Waals surface area contributed by atoms with Gasteiger partial charge in [-0.2, -0.15) is 4.37 Å². The van der Waals surface area contributed by atoms with Crippen molar-refractivity contribution < 1.29 is 9.90 Å². The Morgan fingerprint density at radius 2 is 2.00 bits per heavy atom. The highest BCUT2D eigenvalue weighted by Crippen LogP contribution is 2.42. The molecule has 5 nitrogen and oxygen atoms in total. The van der Waals surface area contributed by atoms with Gasteiger partial charge in [0.2, 0.25) is 5.13 Å². The molecular formula is C12H19N3O2S. The number of aliphatic carboxylic acids is 1. The monoisotopic (exact) mass is 269 g/mol. The summed E-state index contributed by atoms with van der Waals surface area (Å²) in [7, 11) is 0. The fraction of sp³-hybridized carbons (Fsp3) is 0.750. The van der Waals surface area contributed by atoms with Gasteiger partial charge >= 0.3 is 5.97 Å². The maximum atomic E-state index is 11.4. The molecule has 1 fully saturated rings. The van der Waals surface area contributed by atoms with Gasteiger partial charge in [0.1, 0.15) is 11.4 Å². The number of anilines is 1. The average molecular weight is 269 g/mol. The summed E-state index contributed by atoms with van der Waals surface area (Å²) >= 11 is 1.23. The van der Waals surface area contributed by atoms with Crippen molar-refractivity contribution in [2.24, 2.45) is 5.92 Å². The minimum atomic E-state index is -0.922. The Morgan fingerprint density at radius 3 is 2.39 bits per heavy atom. The first-order valence-corrected chi connectivity index (χ1v) is 6.86. The molecule has 1 aliphatic rings. The minimum absolute atomic E-state index is 0.115. The van der Waals surface area contributed by atoms with Gasteiger partial charge in [-0.1, -0.05) is 20.8 Å². The highest BCUT2D eigenvalue weighted by atomic mass is 32.1. The first-order chi connectivity index (χ1) is 8.23. The van der Waals surface area contributed by atoms with E-state index in [0.717, 1.165) is 18.7 Å². The van der Waals surface area contributed by atoms with E-state index in [0.29, 0.717) is 5.13 Å². The van der Waals surface area contributed by atoms with E-state index >= 15 is 0 Å². The molecule has 1 heterocycles. The third kappa shape index (κ3) is 2.48. The normalized spacial score (nSPS) is 19.3. The fourth-order valence-corrected chi connectivity index (χ4v) is 2.66. The zero-order valence-electron chi connectivity index (χ0n) is 11.1. The van der Waals surface area contributed by atoms with Gasteiger partial charge in [0.15, 0.2) is 0 Å².